The summed E-state index contributed by atoms with van der Waals surface area (Å²) in [5.74, 6) is -0.724. The van der Waals surface area contributed by atoms with Crippen LogP contribution in [0.3, 0.4) is 0 Å². The van der Waals surface area contributed by atoms with Crippen molar-refractivity contribution in [1.82, 2.24) is 5.32 Å². The van der Waals surface area contributed by atoms with Crippen LogP contribution in [0.1, 0.15) is 13.8 Å². The monoisotopic (exact) mass is 173 g/mol. The number of nitrogens with one attached hydrogen (secondary N) is 1. The zero-order valence-electron chi connectivity index (χ0n) is 7.72. The number of carbonyl (C=O) groups excluding carboxylic acids is 1. The molecular formula is C8H15NO3. The maximum absolute atomic E-state index is 11.1. The van der Waals surface area contributed by atoms with E-state index in [-0.39, 0.29) is 11.8 Å². The zero-order valence-corrected chi connectivity index (χ0v) is 7.72. The van der Waals surface area contributed by atoms with Gasteiger partial charge in [-0.3, -0.25) is 4.79 Å². The Morgan fingerprint density at radius 2 is 1.92 bits per heavy atom. The predicted molar refractivity (Wildman–Crippen MR) is 43.5 cm³/mol. The van der Waals surface area contributed by atoms with Gasteiger partial charge in [0.2, 0.25) is 5.91 Å². The average molecular weight is 173 g/mol. The van der Waals surface area contributed by atoms with Gasteiger partial charge >= 0.3 is 0 Å². The van der Waals surface area contributed by atoms with E-state index in [1.54, 1.807) is 7.05 Å². The summed E-state index contributed by atoms with van der Waals surface area (Å²) in [5, 5.41) is 2.56. The molecule has 0 radical (unpaired) electrons. The van der Waals surface area contributed by atoms with Crippen LogP contribution in [0.2, 0.25) is 0 Å². The summed E-state index contributed by atoms with van der Waals surface area (Å²) in [6.07, 6.45) is 0. The summed E-state index contributed by atoms with van der Waals surface area (Å²) in [4.78, 5) is 11.1. The largest absolute Gasteiger partial charge is 0.359 e. The van der Waals surface area contributed by atoms with Gasteiger partial charge in [-0.2, -0.15) is 0 Å². The first-order valence-electron chi connectivity index (χ1n) is 4.04. The molecular weight excluding hydrogens is 158 g/mol. The van der Waals surface area contributed by atoms with E-state index >= 15 is 0 Å². The van der Waals surface area contributed by atoms with E-state index in [9.17, 15) is 4.79 Å². The summed E-state index contributed by atoms with van der Waals surface area (Å²) >= 11 is 0. The number of amides is 1. The molecule has 1 rings (SSSR count). The standard InChI is InChI=1S/C8H15NO3/c1-8(2)11-4-6(5-12-8)7(10)9-3/h6H,4-5H2,1-3H3,(H,9,10). The number of ether oxygens (including phenoxy) is 2. The summed E-state index contributed by atoms with van der Waals surface area (Å²) < 4.78 is 10.6. The van der Waals surface area contributed by atoms with Crippen LogP contribution in [0, 0.1) is 5.92 Å². The highest BCUT2D eigenvalue weighted by Gasteiger charge is 2.31. The van der Waals surface area contributed by atoms with Crippen molar-refractivity contribution in [3.05, 3.63) is 0 Å². The third-order valence-corrected chi connectivity index (χ3v) is 1.88. The molecule has 0 unspecified atom stereocenters. The maximum Gasteiger partial charge on any atom is 0.227 e. The lowest BCUT2D eigenvalue weighted by molar-refractivity contribution is -0.258. The molecule has 0 bridgehead atoms. The second-order valence-electron chi connectivity index (χ2n) is 3.33. The molecule has 4 nitrogen and oxygen atoms in total. The zero-order chi connectivity index (χ0) is 9.19. The van der Waals surface area contributed by atoms with Crippen molar-refractivity contribution >= 4 is 5.91 Å². The van der Waals surface area contributed by atoms with Gasteiger partial charge in [-0.1, -0.05) is 0 Å². The maximum atomic E-state index is 11.1. The van der Waals surface area contributed by atoms with Crippen LogP contribution >= 0.6 is 0 Å². The molecule has 0 spiro atoms. The van der Waals surface area contributed by atoms with E-state index in [0.717, 1.165) is 0 Å². The highest BCUT2D eigenvalue weighted by Crippen LogP contribution is 2.20. The van der Waals surface area contributed by atoms with Gasteiger partial charge in [0, 0.05) is 7.05 Å². The molecule has 1 aliphatic rings. The van der Waals surface area contributed by atoms with Gasteiger partial charge in [-0.05, 0) is 13.8 Å². The summed E-state index contributed by atoms with van der Waals surface area (Å²) in [7, 11) is 1.61. The summed E-state index contributed by atoms with van der Waals surface area (Å²) in [5.41, 5.74) is 0. The first-order chi connectivity index (χ1) is 5.55. The molecule has 0 aromatic heterocycles. The molecule has 0 aromatic carbocycles. The van der Waals surface area contributed by atoms with E-state index in [2.05, 4.69) is 5.32 Å². The van der Waals surface area contributed by atoms with Crippen LogP contribution in [0.15, 0.2) is 0 Å². The molecule has 1 fully saturated rings. The second-order valence-corrected chi connectivity index (χ2v) is 3.33. The minimum Gasteiger partial charge on any atom is -0.359 e. The number of hydrogen-bond donors (Lipinski definition) is 1. The molecule has 1 N–H and O–H groups in total. The van der Waals surface area contributed by atoms with Crippen molar-refractivity contribution in [2.24, 2.45) is 5.92 Å². The number of rotatable bonds is 1. The third kappa shape index (κ3) is 2.19. The van der Waals surface area contributed by atoms with E-state index in [1.165, 1.54) is 0 Å². The second kappa shape index (κ2) is 3.41. The Kier molecular flexibility index (Phi) is 2.69. The Bertz CT molecular complexity index is 169. The smallest absolute Gasteiger partial charge is 0.227 e. The molecule has 0 aliphatic carbocycles. The van der Waals surface area contributed by atoms with Gasteiger partial charge in [0.05, 0.1) is 19.1 Å². The molecule has 1 saturated heterocycles. The van der Waals surface area contributed by atoms with Gasteiger partial charge in [-0.15, -0.1) is 0 Å². The molecule has 0 aromatic rings. The average Bonchev–Trinajstić information content (AvgIpc) is 2.03. The Hall–Kier alpha value is -0.610. The van der Waals surface area contributed by atoms with Crippen LogP contribution < -0.4 is 5.32 Å². The molecule has 0 saturated carbocycles. The van der Waals surface area contributed by atoms with E-state index in [4.69, 9.17) is 9.47 Å². The SMILES string of the molecule is CNC(=O)C1COC(C)(C)OC1. The minimum absolute atomic E-state index is 0.0227. The Labute approximate surface area is 72.2 Å². The minimum atomic E-state index is -0.537. The molecule has 12 heavy (non-hydrogen) atoms. The molecule has 1 heterocycles. The van der Waals surface area contributed by atoms with E-state index in [1.807, 2.05) is 13.8 Å². The van der Waals surface area contributed by atoms with Crippen molar-refractivity contribution in [2.75, 3.05) is 20.3 Å². The molecule has 1 amide bonds. The van der Waals surface area contributed by atoms with Crippen LogP contribution in [0.5, 0.6) is 0 Å². The Balaban J connectivity index is 2.41. The first kappa shape index (κ1) is 9.48. The fourth-order valence-electron chi connectivity index (χ4n) is 1.05. The third-order valence-electron chi connectivity index (χ3n) is 1.88. The molecule has 70 valence electrons. The fourth-order valence-corrected chi connectivity index (χ4v) is 1.05. The lowest BCUT2D eigenvalue weighted by Crippen LogP contribution is -2.44. The lowest BCUT2D eigenvalue weighted by Gasteiger charge is -2.34. The Morgan fingerprint density at radius 3 is 2.33 bits per heavy atom. The Morgan fingerprint density at radius 1 is 1.42 bits per heavy atom. The summed E-state index contributed by atoms with van der Waals surface area (Å²) in [6.45, 7) is 4.56. The highest BCUT2D eigenvalue weighted by molar-refractivity contribution is 5.78. The van der Waals surface area contributed by atoms with Crippen molar-refractivity contribution in [1.29, 1.82) is 0 Å². The fraction of sp³-hybridized carbons (Fsp3) is 0.875. The van der Waals surface area contributed by atoms with Gasteiger partial charge in [0.1, 0.15) is 0 Å². The van der Waals surface area contributed by atoms with Crippen molar-refractivity contribution in [2.45, 2.75) is 19.6 Å². The van der Waals surface area contributed by atoms with Crippen LogP contribution in [0.4, 0.5) is 0 Å². The number of carbonyl (C=O) groups is 1. The predicted octanol–water partition coefficient (Wildman–Crippen LogP) is 0.131. The molecule has 0 atom stereocenters. The number of hydrogen-bond acceptors (Lipinski definition) is 3. The van der Waals surface area contributed by atoms with E-state index < -0.39 is 5.79 Å². The first-order valence-corrected chi connectivity index (χ1v) is 4.04. The molecule has 4 heteroatoms. The topological polar surface area (TPSA) is 47.6 Å². The lowest BCUT2D eigenvalue weighted by atomic mass is 10.1. The van der Waals surface area contributed by atoms with Crippen molar-refractivity contribution in [3.8, 4) is 0 Å². The van der Waals surface area contributed by atoms with Gasteiger partial charge in [0.25, 0.3) is 0 Å². The van der Waals surface area contributed by atoms with Gasteiger partial charge < -0.3 is 14.8 Å². The van der Waals surface area contributed by atoms with Crippen LogP contribution in [-0.2, 0) is 14.3 Å². The van der Waals surface area contributed by atoms with Crippen LogP contribution in [0.25, 0.3) is 0 Å². The van der Waals surface area contributed by atoms with Crippen molar-refractivity contribution < 1.29 is 14.3 Å². The quantitative estimate of drug-likeness (QED) is 0.613. The summed E-state index contributed by atoms with van der Waals surface area (Å²) in [6, 6.07) is 0. The van der Waals surface area contributed by atoms with Gasteiger partial charge in [0.15, 0.2) is 5.79 Å². The normalized spacial score (nSPS) is 23.6. The van der Waals surface area contributed by atoms with Gasteiger partial charge in [-0.25, -0.2) is 0 Å². The highest BCUT2D eigenvalue weighted by atomic mass is 16.7. The van der Waals surface area contributed by atoms with Crippen LogP contribution in [-0.4, -0.2) is 32.0 Å². The molecule has 1 aliphatic heterocycles. The van der Waals surface area contributed by atoms with E-state index in [0.29, 0.717) is 13.2 Å². The van der Waals surface area contributed by atoms with Crippen molar-refractivity contribution in [3.63, 3.8) is 0 Å².